The molecular formula is C17H21N7O4S. The Labute approximate surface area is 167 Å². The van der Waals surface area contributed by atoms with E-state index in [1.807, 2.05) is 31.1 Å². The molecule has 0 saturated heterocycles. The van der Waals surface area contributed by atoms with E-state index in [2.05, 4.69) is 20.2 Å². The maximum atomic E-state index is 12.4. The number of rotatable bonds is 9. The zero-order valence-corrected chi connectivity index (χ0v) is 16.8. The summed E-state index contributed by atoms with van der Waals surface area (Å²) in [5.41, 5.74) is 0.508. The summed E-state index contributed by atoms with van der Waals surface area (Å²) >= 11 is 0. The highest BCUT2D eigenvalue weighted by Gasteiger charge is 2.21. The van der Waals surface area contributed by atoms with Crippen LogP contribution in [0.4, 0.5) is 11.4 Å². The second-order valence-electron chi connectivity index (χ2n) is 6.54. The molecular weight excluding hydrogens is 398 g/mol. The number of anilines is 1. The number of hydrogen-bond donors (Lipinski definition) is 2. The van der Waals surface area contributed by atoms with Gasteiger partial charge in [0.15, 0.2) is 11.5 Å². The van der Waals surface area contributed by atoms with Crippen molar-refractivity contribution in [2.24, 2.45) is 0 Å². The summed E-state index contributed by atoms with van der Waals surface area (Å²) in [4.78, 5) is 12.5. The molecule has 12 heteroatoms. The summed E-state index contributed by atoms with van der Waals surface area (Å²) in [5.74, 6) is 0.567. The van der Waals surface area contributed by atoms with Crippen molar-refractivity contribution < 1.29 is 13.3 Å². The molecule has 0 aliphatic carbocycles. The first-order valence-electron chi connectivity index (χ1n) is 8.73. The van der Waals surface area contributed by atoms with Gasteiger partial charge in [0.05, 0.1) is 16.4 Å². The average Bonchev–Trinajstić information content (AvgIpc) is 3.09. The molecule has 3 aromatic rings. The van der Waals surface area contributed by atoms with Gasteiger partial charge in [-0.25, -0.2) is 13.1 Å². The quantitative estimate of drug-likeness (QED) is 0.389. The van der Waals surface area contributed by atoms with Crippen molar-refractivity contribution in [2.75, 3.05) is 32.5 Å². The molecule has 2 aromatic heterocycles. The van der Waals surface area contributed by atoms with E-state index in [1.54, 1.807) is 16.7 Å². The van der Waals surface area contributed by atoms with E-state index in [4.69, 9.17) is 0 Å². The first-order valence-corrected chi connectivity index (χ1v) is 10.2. The van der Waals surface area contributed by atoms with Gasteiger partial charge in [-0.3, -0.25) is 14.5 Å². The van der Waals surface area contributed by atoms with Crippen molar-refractivity contribution >= 4 is 27.0 Å². The molecule has 0 spiro atoms. The van der Waals surface area contributed by atoms with E-state index < -0.39 is 14.9 Å². The molecule has 0 bridgehead atoms. The molecule has 2 N–H and O–H groups in total. The number of nitrogens with one attached hydrogen (secondary N) is 2. The maximum absolute atomic E-state index is 12.4. The highest BCUT2D eigenvalue weighted by molar-refractivity contribution is 7.89. The van der Waals surface area contributed by atoms with E-state index in [-0.39, 0.29) is 29.4 Å². The Balaban J connectivity index is 1.80. The highest BCUT2D eigenvalue weighted by Crippen LogP contribution is 2.28. The van der Waals surface area contributed by atoms with E-state index in [0.29, 0.717) is 18.0 Å². The lowest BCUT2D eigenvalue weighted by molar-refractivity contribution is -0.384. The molecule has 3 rings (SSSR count). The third kappa shape index (κ3) is 4.85. The third-order valence-corrected chi connectivity index (χ3v) is 5.61. The van der Waals surface area contributed by atoms with E-state index in [1.165, 1.54) is 12.1 Å². The molecule has 1 aromatic carbocycles. The number of benzene rings is 1. The van der Waals surface area contributed by atoms with Crippen LogP contribution in [0.2, 0.25) is 0 Å². The Kier molecular flexibility index (Phi) is 6.06. The van der Waals surface area contributed by atoms with Crippen LogP contribution in [-0.2, 0) is 16.6 Å². The molecule has 0 radical (unpaired) electrons. The predicted octanol–water partition coefficient (Wildman–Crippen LogP) is 1.09. The lowest BCUT2D eigenvalue weighted by Gasteiger charge is -2.12. The maximum Gasteiger partial charge on any atom is 0.293 e. The minimum atomic E-state index is -3.85. The minimum Gasteiger partial charge on any atom is -0.372 e. The number of nitro groups is 1. The molecule has 0 aliphatic rings. The van der Waals surface area contributed by atoms with Crippen molar-refractivity contribution in [1.82, 2.24) is 24.2 Å². The highest BCUT2D eigenvalue weighted by atomic mass is 32.2. The van der Waals surface area contributed by atoms with Crippen molar-refractivity contribution in [3.63, 3.8) is 0 Å². The Morgan fingerprint density at radius 3 is 2.72 bits per heavy atom. The molecule has 0 saturated carbocycles. The van der Waals surface area contributed by atoms with Crippen LogP contribution in [0.1, 0.15) is 5.82 Å². The van der Waals surface area contributed by atoms with Gasteiger partial charge in [-0.2, -0.15) is 0 Å². The monoisotopic (exact) mass is 419 g/mol. The standard InChI is InChI=1S/C17H21N7O4S/c1-22(2)10-8-19-29(27,28)13-6-7-14(15(11-13)24(25)26)18-12-17-21-20-16-5-3-4-9-23(16)17/h3-7,9,11,18-19H,8,10,12H2,1-2H3. The zero-order valence-electron chi connectivity index (χ0n) is 15.9. The third-order valence-electron chi connectivity index (χ3n) is 4.15. The van der Waals surface area contributed by atoms with E-state index in [0.717, 1.165) is 6.07 Å². The Morgan fingerprint density at radius 1 is 1.21 bits per heavy atom. The van der Waals surface area contributed by atoms with Gasteiger partial charge >= 0.3 is 0 Å². The molecule has 11 nitrogen and oxygen atoms in total. The van der Waals surface area contributed by atoms with Crippen LogP contribution in [0.3, 0.4) is 0 Å². The lowest BCUT2D eigenvalue weighted by Crippen LogP contribution is -2.31. The summed E-state index contributed by atoms with van der Waals surface area (Å²) in [6.45, 7) is 0.884. The molecule has 0 atom stereocenters. The number of hydrogen-bond acceptors (Lipinski definition) is 8. The number of aromatic nitrogens is 3. The van der Waals surface area contributed by atoms with Crippen molar-refractivity contribution in [2.45, 2.75) is 11.4 Å². The Hall–Kier alpha value is -3.09. The largest absolute Gasteiger partial charge is 0.372 e. The van der Waals surface area contributed by atoms with Crippen LogP contribution in [0, 0.1) is 10.1 Å². The lowest BCUT2D eigenvalue weighted by atomic mass is 10.2. The fourth-order valence-electron chi connectivity index (χ4n) is 2.65. The Bertz CT molecular complexity index is 1130. The first-order chi connectivity index (χ1) is 13.8. The number of nitro benzene ring substituents is 1. The smallest absolute Gasteiger partial charge is 0.293 e. The van der Waals surface area contributed by atoms with Crippen molar-refractivity contribution in [1.29, 1.82) is 0 Å². The normalized spacial score (nSPS) is 11.8. The van der Waals surface area contributed by atoms with E-state index in [9.17, 15) is 18.5 Å². The van der Waals surface area contributed by atoms with Gasteiger partial charge in [0.25, 0.3) is 5.69 Å². The van der Waals surface area contributed by atoms with Crippen LogP contribution in [0.15, 0.2) is 47.5 Å². The fraction of sp³-hybridized carbons (Fsp3) is 0.294. The summed E-state index contributed by atoms with van der Waals surface area (Å²) in [6, 6.07) is 9.20. The fourth-order valence-corrected chi connectivity index (χ4v) is 3.69. The number of nitrogens with zero attached hydrogens (tertiary/aromatic N) is 5. The average molecular weight is 419 g/mol. The van der Waals surface area contributed by atoms with Crippen LogP contribution in [0.5, 0.6) is 0 Å². The summed E-state index contributed by atoms with van der Waals surface area (Å²) in [6.07, 6.45) is 1.79. The number of sulfonamides is 1. The van der Waals surface area contributed by atoms with Gasteiger partial charge in [0, 0.05) is 25.4 Å². The topological polar surface area (TPSA) is 135 Å². The van der Waals surface area contributed by atoms with Gasteiger partial charge in [0.1, 0.15) is 5.69 Å². The molecule has 29 heavy (non-hydrogen) atoms. The number of fused-ring (bicyclic) bond motifs is 1. The molecule has 2 heterocycles. The summed E-state index contributed by atoms with van der Waals surface area (Å²) in [5, 5.41) is 22.5. The molecule has 154 valence electrons. The molecule has 0 unspecified atom stereocenters. The van der Waals surface area contributed by atoms with Gasteiger partial charge in [-0.15, -0.1) is 10.2 Å². The van der Waals surface area contributed by atoms with Crippen LogP contribution >= 0.6 is 0 Å². The Morgan fingerprint density at radius 2 is 2.00 bits per heavy atom. The summed E-state index contributed by atoms with van der Waals surface area (Å²) < 4.78 is 29.0. The van der Waals surface area contributed by atoms with E-state index >= 15 is 0 Å². The zero-order chi connectivity index (χ0) is 21.0. The second-order valence-corrected chi connectivity index (χ2v) is 8.30. The van der Waals surface area contributed by atoms with Crippen molar-refractivity contribution in [3.8, 4) is 0 Å². The first kappa shape index (κ1) is 20.6. The SMILES string of the molecule is CN(C)CCNS(=O)(=O)c1ccc(NCc2nnc3ccccn23)c([N+](=O)[O-])c1. The van der Waals surface area contributed by atoms with Gasteiger partial charge in [0.2, 0.25) is 10.0 Å². The van der Waals surface area contributed by atoms with Gasteiger partial charge in [-0.05, 0) is 38.4 Å². The molecule has 0 aliphatic heterocycles. The van der Waals surface area contributed by atoms with Crippen LogP contribution in [-0.4, -0.2) is 60.0 Å². The second kappa shape index (κ2) is 8.51. The van der Waals surface area contributed by atoms with Crippen molar-refractivity contribution in [3.05, 3.63) is 58.5 Å². The predicted molar refractivity (Wildman–Crippen MR) is 107 cm³/mol. The molecule has 0 amide bonds. The van der Waals surface area contributed by atoms with Crippen LogP contribution in [0.25, 0.3) is 5.65 Å². The van der Waals surface area contributed by atoms with Crippen LogP contribution < -0.4 is 10.0 Å². The van der Waals surface area contributed by atoms with Gasteiger partial charge in [-0.1, -0.05) is 6.07 Å². The number of likely N-dealkylation sites (N-methyl/N-ethyl adjacent to an activating group) is 1. The van der Waals surface area contributed by atoms with Gasteiger partial charge < -0.3 is 10.2 Å². The number of pyridine rings is 1. The minimum absolute atomic E-state index is 0.165. The summed E-state index contributed by atoms with van der Waals surface area (Å²) in [7, 11) is -0.216. The molecule has 0 fully saturated rings.